The highest BCUT2D eigenvalue weighted by molar-refractivity contribution is 6.30. The van der Waals surface area contributed by atoms with E-state index in [9.17, 15) is 9.59 Å². The Kier molecular flexibility index (Phi) is 5.59. The van der Waals surface area contributed by atoms with E-state index in [1.165, 1.54) is 0 Å². The molecule has 0 aliphatic carbocycles. The highest BCUT2D eigenvalue weighted by Gasteiger charge is 2.21. The minimum Gasteiger partial charge on any atom is -0.381 e. The molecular formula is C15H19ClN2O3. The van der Waals surface area contributed by atoms with Crippen LogP contribution in [0, 0.1) is 12.8 Å². The lowest BCUT2D eigenvalue weighted by molar-refractivity contribution is -0.129. The number of rotatable bonds is 4. The molecule has 1 fully saturated rings. The first kappa shape index (κ1) is 15.8. The quantitative estimate of drug-likeness (QED) is 0.895. The lowest BCUT2D eigenvalue weighted by Gasteiger charge is -2.21. The standard InChI is InChI=1S/C15H19ClN2O3/c1-10-8-12(16)2-3-13(10)18-14(19)9-17-15(20)11-4-6-21-7-5-11/h2-3,8,11H,4-7,9H2,1H3,(H,17,20)(H,18,19). The fourth-order valence-electron chi connectivity index (χ4n) is 2.23. The highest BCUT2D eigenvalue weighted by atomic mass is 35.5. The van der Waals surface area contributed by atoms with Gasteiger partial charge in [0.1, 0.15) is 0 Å². The summed E-state index contributed by atoms with van der Waals surface area (Å²) in [6.07, 6.45) is 1.42. The Hall–Kier alpha value is -1.59. The first-order valence-corrected chi connectivity index (χ1v) is 7.35. The van der Waals surface area contributed by atoms with Crippen LogP contribution in [0.15, 0.2) is 18.2 Å². The van der Waals surface area contributed by atoms with Gasteiger partial charge in [-0.15, -0.1) is 0 Å². The number of carbonyl (C=O) groups is 2. The second kappa shape index (κ2) is 7.43. The molecule has 0 radical (unpaired) electrons. The first-order chi connectivity index (χ1) is 10.1. The Balaban J connectivity index is 1.80. The van der Waals surface area contributed by atoms with E-state index in [2.05, 4.69) is 10.6 Å². The summed E-state index contributed by atoms with van der Waals surface area (Å²) in [5.41, 5.74) is 1.58. The maximum absolute atomic E-state index is 11.9. The molecule has 114 valence electrons. The van der Waals surface area contributed by atoms with E-state index in [1.807, 2.05) is 6.92 Å². The molecule has 0 atom stereocenters. The summed E-state index contributed by atoms with van der Waals surface area (Å²) < 4.78 is 5.21. The molecule has 1 aliphatic heterocycles. The summed E-state index contributed by atoms with van der Waals surface area (Å²) in [6.45, 7) is 3.04. The van der Waals surface area contributed by atoms with E-state index >= 15 is 0 Å². The van der Waals surface area contributed by atoms with Crippen molar-refractivity contribution in [2.24, 2.45) is 5.92 Å². The van der Waals surface area contributed by atoms with Crippen molar-refractivity contribution < 1.29 is 14.3 Å². The van der Waals surface area contributed by atoms with Crippen molar-refractivity contribution in [2.45, 2.75) is 19.8 Å². The first-order valence-electron chi connectivity index (χ1n) is 6.97. The topological polar surface area (TPSA) is 67.4 Å². The Bertz CT molecular complexity index is 528. The molecule has 0 spiro atoms. The number of nitrogens with one attached hydrogen (secondary N) is 2. The maximum Gasteiger partial charge on any atom is 0.243 e. The summed E-state index contributed by atoms with van der Waals surface area (Å²) in [5, 5.41) is 6.05. The van der Waals surface area contributed by atoms with Crippen LogP contribution in [0.4, 0.5) is 5.69 Å². The SMILES string of the molecule is Cc1cc(Cl)ccc1NC(=O)CNC(=O)C1CCOCC1. The Morgan fingerprint density at radius 1 is 1.33 bits per heavy atom. The number of aryl methyl sites for hydroxylation is 1. The van der Waals surface area contributed by atoms with Crippen LogP contribution in [0.5, 0.6) is 0 Å². The molecule has 1 aromatic rings. The molecule has 5 nitrogen and oxygen atoms in total. The second-order valence-corrected chi connectivity index (χ2v) is 5.55. The average Bonchev–Trinajstić information content (AvgIpc) is 2.48. The summed E-state index contributed by atoms with van der Waals surface area (Å²) in [4.78, 5) is 23.8. The molecule has 0 unspecified atom stereocenters. The van der Waals surface area contributed by atoms with Crippen molar-refractivity contribution >= 4 is 29.1 Å². The van der Waals surface area contributed by atoms with Crippen molar-refractivity contribution in [3.63, 3.8) is 0 Å². The van der Waals surface area contributed by atoms with Gasteiger partial charge in [-0.1, -0.05) is 11.6 Å². The van der Waals surface area contributed by atoms with Crippen LogP contribution in [0.2, 0.25) is 5.02 Å². The molecule has 0 bridgehead atoms. The average molecular weight is 311 g/mol. The fourth-order valence-corrected chi connectivity index (χ4v) is 2.46. The monoisotopic (exact) mass is 310 g/mol. The summed E-state index contributed by atoms with van der Waals surface area (Å²) >= 11 is 5.86. The minimum absolute atomic E-state index is 0.0295. The van der Waals surface area contributed by atoms with Crippen LogP contribution in [-0.2, 0) is 14.3 Å². The van der Waals surface area contributed by atoms with Crippen molar-refractivity contribution in [3.8, 4) is 0 Å². The van der Waals surface area contributed by atoms with E-state index in [1.54, 1.807) is 18.2 Å². The predicted octanol–water partition coefficient (Wildman–Crippen LogP) is 2.13. The molecule has 6 heteroatoms. The van der Waals surface area contributed by atoms with E-state index in [0.717, 1.165) is 5.56 Å². The lowest BCUT2D eigenvalue weighted by Crippen LogP contribution is -2.38. The predicted molar refractivity (Wildman–Crippen MR) is 81.4 cm³/mol. The second-order valence-electron chi connectivity index (χ2n) is 5.11. The minimum atomic E-state index is -0.249. The van der Waals surface area contributed by atoms with Crippen LogP contribution in [0.3, 0.4) is 0 Å². The van der Waals surface area contributed by atoms with E-state index in [4.69, 9.17) is 16.3 Å². The summed E-state index contributed by atoms with van der Waals surface area (Å²) in [5.74, 6) is -0.383. The maximum atomic E-state index is 11.9. The number of halogens is 1. The summed E-state index contributed by atoms with van der Waals surface area (Å²) in [6, 6.07) is 5.23. The van der Waals surface area contributed by atoms with E-state index < -0.39 is 0 Å². The third-order valence-corrected chi connectivity index (χ3v) is 3.71. The molecular weight excluding hydrogens is 292 g/mol. The molecule has 1 aliphatic rings. The number of benzene rings is 1. The molecule has 1 saturated heterocycles. The zero-order valence-corrected chi connectivity index (χ0v) is 12.7. The number of hydrogen-bond acceptors (Lipinski definition) is 3. The fraction of sp³-hybridized carbons (Fsp3) is 0.467. The van der Waals surface area contributed by atoms with Crippen LogP contribution in [-0.4, -0.2) is 31.6 Å². The van der Waals surface area contributed by atoms with Gasteiger partial charge in [0.15, 0.2) is 0 Å². The zero-order valence-electron chi connectivity index (χ0n) is 11.9. The van der Waals surface area contributed by atoms with Crippen molar-refractivity contribution in [2.75, 3.05) is 25.1 Å². The molecule has 0 aromatic heterocycles. The van der Waals surface area contributed by atoms with Gasteiger partial charge in [-0.3, -0.25) is 9.59 Å². The molecule has 0 saturated carbocycles. The largest absolute Gasteiger partial charge is 0.381 e. The van der Waals surface area contributed by atoms with Gasteiger partial charge < -0.3 is 15.4 Å². The summed E-state index contributed by atoms with van der Waals surface area (Å²) in [7, 11) is 0. The van der Waals surface area contributed by atoms with E-state index in [0.29, 0.717) is 36.8 Å². The molecule has 1 heterocycles. The molecule has 2 rings (SSSR count). The van der Waals surface area contributed by atoms with Gasteiger partial charge in [-0.2, -0.15) is 0 Å². The molecule has 1 aromatic carbocycles. The van der Waals surface area contributed by atoms with Gasteiger partial charge in [-0.05, 0) is 43.5 Å². The van der Waals surface area contributed by atoms with Crippen LogP contribution < -0.4 is 10.6 Å². The number of anilines is 1. The normalized spacial score (nSPS) is 15.5. The molecule has 21 heavy (non-hydrogen) atoms. The highest BCUT2D eigenvalue weighted by Crippen LogP contribution is 2.19. The van der Waals surface area contributed by atoms with Gasteiger partial charge in [0, 0.05) is 29.8 Å². The number of carbonyl (C=O) groups excluding carboxylic acids is 2. The number of ether oxygens (including phenoxy) is 1. The third-order valence-electron chi connectivity index (χ3n) is 3.48. The van der Waals surface area contributed by atoms with E-state index in [-0.39, 0.29) is 24.3 Å². The van der Waals surface area contributed by atoms with Crippen molar-refractivity contribution in [1.29, 1.82) is 0 Å². The van der Waals surface area contributed by atoms with Crippen LogP contribution in [0.25, 0.3) is 0 Å². The lowest BCUT2D eigenvalue weighted by atomic mass is 9.99. The number of amides is 2. The third kappa shape index (κ3) is 4.72. The zero-order chi connectivity index (χ0) is 15.2. The Labute approximate surface area is 129 Å². The van der Waals surface area contributed by atoms with Crippen molar-refractivity contribution in [3.05, 3.63) is 28.8 Å². The molecule has 2 amide bonds. The molecule has 2 N–H and O–H groups in total. The number of hydrogen-bond donors (Lipinski definition) is 2. The van der Waals surface area contributed by atoms with Crippen molar-refractivity contribution in [1.82, 2.24) is 5.32 Å². The van der Waals surface area contributed by atoms with Gasteiger partial charge >= 0.3 is 0 Å². The van der Waals surface area contributed by atoms with Crippen LogP contribution >= 0.6 is 11.6 Å². The van der Waals surface area contributed by atoms with Crippen LogP contribution in [0.1, 0.15) is 18.4 Å². The van der Waals surface area contributed by atoms with Gasteiger partial charge in [-0.25, -0.2) is 0 Å². The van der Waals surface area contributed by atoms with Gasteiger partial charge in [0.05, 0.1) is 6.54 Å². The van der Waals surface area contributed by atoms with Gasteiger partial charge in [0.25, 0.3) is 0 Å². The Morgan fingerprint density at radius 2 is 2.05 bits per heavy atom. The Morgan fingerprint density at radius 3 is 2.71 bits per heavy atom. The smallest absolute Gasteiger partial charge is 0.243 e. The van der Waals surface area contributed by atoms with Gasteiger partial charge in [0.2, 0.25) is 11.8 Å².